The molecule has 1 aromatic carbocycles. The van der Waals surface area contributed by atoms with Gasteiger partial charge >= 0.3 is 5.97 Å². The number of benzene rings is 1. The van der Waals surface area contributed by atoms with E-state index in [2.05, 4.69) is 15.9 Å². The highest BCUT2D eigenvalue weighted by atomic mass is 79.9. The summed E-state index contributed by atoms with van der Waals surface area (Å²) in [5, 5.41) is 19.1. The van der Waals surface area contributed by atoms with E-state index in [9.17, 15) is 14.7 Å². The number of hydrogen-bond donors (Lipinski definition) is 2. The van der Waals surface area contributed by atoms with Crippen molar-refractivity contribution in [3.63, 3.8) is 0 Å². The number of aliphatic carboxylic acids is 1. The van der Waals surface area contributed by atoms with Gasteiger partial charge in [0.15, 0.2) is 0 Å². The zero-order valence-electron chi connectivity index (χ0n) is 9.72. The summed E-state index contributed by atoms with van der Waals surface area (Å²) < 4.78 is 0.496. The van der Waals surface area contributed by atoms with Crippen molar-refractivity contribution in [3.8, 4) is 0 Å². The number of rotatable bonds is 2. The fourth-order valence-corrected chi connectivity index (χ4v) is 2.94. The number of aliphatic hydroxyl groups excluding tert-OH is 1. The molecule has 1 amide bonds. The summed E-state index contributed by atoms with van der Waals surface area (Å²) in [6.07, 6.45) is -0.761. The van der Waals surface area contributed by atoms with Crippen LogP contribution in [0.3, 0.4) is 0 Å². The number of likely N-dealkylation sites (tertiary alicyclic amines) is 1. The summed E-state index contributed by atoms with van der Waals surface area (Å²) in [6.45, 7) is 0.0187. The number of aliphatic hydroxyl groups is 1. The Bertz CT molecular complexity index is 536. The molecule has 2 rings (SSSR count). The molecule has 2 N–H and O–H groups in total. The highest BCUT2D eigenvalue weighted by Gasteiger charge is 2.39. The molecule has 0 spiro atoms. The third-order valence-corrected chi connectivity index (χ3v) is 3.88. The number of carboxylic acid groups (broad SMARTS) is 1. The molecule has 2 atom stereocenters. The van der Waals surface area contributed by atoms with Gasteiger partial charge in [-0.3, -0.25) is 4.79 Å². The fraction of sp³-hybridized carbons (Fsp3) is 0.333. The lowest BCUT2D eigenvalue weighted by atomic mass is 10.1. The lowest BCUT2D eigenvalue weighted by Gasteiger charge is -2.21. The van der Waals surface area contributed by atoms with Gasteiger partial charge in [-0.15, -0.1) is 0 Å². The normalized spacial score (nSPS) is 22.6. The van der Waals surface area contributed by atoms with Crippen molar-refractivity contribution < 1.29 is 19.8 Å². The Labute approximate surface area is 122 Å². The molecule has 0 bridgehead atoms. The van der Waals surface area contributed by atoms with Crippen LogP contribution < -0.4 is 0 Å². The molecule has 102 valence electrons. The first-order valence-electron chi connectivity index (χ1n) is 5.57. The Morgan fingerprint density at radius 3 is 2.68 bits per heavy atom. The highest BCUT2D eigenvalue weighted by Crippen LogP contribution is 2.26. The van der Waals surface area contributed by atoms with Crippen molar-refractivity contribution >= 4 is 39.4 Å². The van der Waals surface area contributed by atoms with Crippen LogP contribution in [0.2, 0.25) is 5.02 Å². The molecular formula is C12H11BrClNO4. The van der Waals surface area contributed by atoms with E-state index in [0.717, 1.165) is 0 Å². The maximum absolute atomic E-state index is 12.3. The van der Waals surface area contributed by atoms with Crippen LogP contribution >= 0.6 is 27.5 Å². The van der Waals surface area contributed by atoms with Gasteiger partial charge in [-0.25, -0.2) is 4.79 Å². The van der Waals surface area contributed by atoms with Crippen LogP contribution in [-0.2, 0) is 4.79 Å². The molecule has 0 radical (unpaired) electrons. The Kier molecular flexibility index (Phi) is 4.13. The van der Waals surface area contributed by atoms with Crippen LogP contribution in [0.15, 0.2) is 22.7 Å². The molecule has 1 aromatic rings. The average molecular weight is 349 g/mol. The molecular weight excluding hydrogens is 337 g/mol. The molecule has 0 saturated carbocycles. The number of carbonyl (C=O) groups excluding carboxylic acids is 1. The van der Waals surface area contributed by atoms with Gasteiger partial charge in [-0.2, -0.15) is 0 Å². The zero-order chi connectivity index (χ0) is 14.2. The van der Waals surface area contributed by atoms with Crippen LogP contribution in [0.5, 0.6) is 0 Å². The highest BCUT2D eigenvalue weighted by molar-refractivity contribution is 9.10. The smallest absolute Gasteiger partial charge is 0.326 e. The quantitative estimate of drug-likeness (QED) is 0.854. The summed E-state index contributed by atoms with van der Waals surface area (Å²) >= 11 is 9.02. The predicted octanol–water partition coefficient (Wildman–Crippen LogP) is 1.76. The van der Waals surface area contributed by atoms with E-state index in [4.69, 9.17) is 16.7 Å². The Hall–Kier alpha value is -1.11. The van der Waals surface area contributed by atoms with E-state index in [1.54, 1.807) is 12.1 Å². The van der Waals surface area contributed by atoms with E-state index < -0.39 is 24.0 Å². The summed E-state index contributed by atoms with van der Waals surface area (Å²) in [6, 6.07) is 3.65. The maximum Gasteiger partial charge on any atom is 0.326 e. The summed E-state index contributed by atoms with van der Waals surface area (Å²) in [4.78, 5) is 24.6. The van der Waals surface area contributed by atoms with E-state index >= 15 is 0 Å². The lowest BCUT2D eigenvalue weighted by molar-refractivity contribution is -0.141. The topological polar surface area (TPSA) is 77.8 Å². The molecule has 1 saturated heterocycles. The third kappa shape index (κ3) is 2.91. The van der Waals surface area contributed by atoms with Crippen molar-refractivity contribution in [3.05, 3.63) is 33.3 Å². The largest absolute Gasteiger partial charge is 0.480 e. The maximum atomic E-state index is 12.3. The second-order valence-corrected chi connectivity index (χ2v) is 5.62. The standard InChI is InChI=1S/C12H11BrClNO4/c13-9-3-6(14)1-2-8(9)11(17)15-5-7(16)4-10(15)12(18)19/h1-3,7,10,16H,4-5H2,(H,18,19)/t7-,10-/m1/s1. The van der Waals surface area contributed by atoms with Gasteiger partial charge in [0.25, 0.3) is 5.91 Å². The predicted molar refractivity (Wildman–Crippen MR) is 72.2 cm³/mol. The summed E-state index contributed by atoms with van der Waals surface area (Å²) in [5.41, 5.74) is 0.324. The number of hydrogen-bond acceptors (Lipinski definition) is 3. The number of carbonyl (C=O) groups is 2. The lowest BCUT2D eigenvalue weighted by Crippen LogP contribution is -2.40. The van der Waals surface area contributed by atoms with Crippen LogP contribution in [0, 0.1) is 0 Å². The van der Waals surface area contributed by atoms with E-state index in [1.165, 1.54) is 11.0 Å². The van der Waals surface area contributed by atoms with Crippen LogP contribution in [-0.4, -0.2) is 45.7 Å². The van der Waals surface area contributed by atoms with E-state index in [1.807, 2.05) is 0 Å². The van der Waals surface area contributed by atoms with Crippen LogP contribution in [0.1, 0.15) is 16.8 Å². The Morgan fingerprint density at radius 2 is 2.11 bits per heavy atom. The zero-order valence-corrected chi connectivity index (χ0v) is 12.1. The SMILES string of the molecule is O=C(O)[C@H]1C[C@@H](O)CN1C(=O)c1ccc(Cl)cc1Br. The van der Waals surface area contributed by atoms with Crippen molar-refractivity contribution in [2.45, 2.75) is 18.6 Å². The van der Waals surface area contributed by atoms with Crippen molar-refractivity contribution in [2.24, 2.45) is 0 Å². The first-order valence-corrected chi connectivity index (χ1v) is 6.74. The van der Waals surface area contributed by atoms with Gasteiger partial charge in [0.05, 0.1) is 11.7 Å². The number of amides is 1. The van der Waals surface area contributed by atoms with Gasteiger partial charge < -0.3 is 15.1 Å². The first-order chi connectivity index (χ1) is 8.90. The van der Waals surface area contributed by atoms with Gasteiger partial charge in [0.2, 0.25) is 0 Å². The Balaban J connectivity index is 2.30. The summed E-state index contributed by atoms with van der Waals surface area (Å²) in [7, 11) is 0. The van der Waals surface area contributed by atoms with E-state index in [-0.39, 0.29) is 13.0 Å². The van der Waals surface area contributed by atoms with Crippen molar-refractivity contribution in [1.29, 1.82) is 0 Å². The third-order valence-electron chi connectivity index (χ3n) is 2.99. The van der Waals surface area contributed by atoms with Crippen LogP contribution in [0.4, 0.5) is 0 Å². The molecule has 5 nitrogen and oxygen atoms in total. The van der Waals surface area contributed by atoms with Gasteiger partial charge in [0, 0.05) is 22.5 Å². The molecule has 1 aliphatic rings. The number of carboxylic acids is 1. The minimum Gasteiger partial charge on any atom is -0.480 e. The minimum atomic E-state index is -1.12. The molecule has 1 heterocycles. The Morgan fingerprint density at radius 1 is 1.42 bits per heavy atom. The molecule has 0 aromatic heterocycles. The second-order valence-electron chi connectivity index (χ2n) is 4.33. The van der Waals surface area contributed by atoms with Crippen LogP contribution in [0.25, 0.3) is 0 Å². The number of nitrogens with zero attached hydrogens (tertiary/aromatic N) is 1. The van der Waals surface area contributed by atoms with Crippen molar-refractivity contribution in [2.75, 3.05) is 6.54 Å². The molecule has 1 fully saturated rings. The molecule has 0 unspecified atom stereocenters. The minimum absolute atomic E-state index is 0.0187. The van der Waals surface area contributed by atoms with E-state index in [0.29, 0.717) is 15.1 Å². The second kappa shape index (κ2) is 5.48. The van der Waals surface area contributed by atoms with Gasteiger partial charge in [-0.05, 0) is 34.1 Å². The molecule has 7 heteroatoms. The monoisotopic (exact) mass is 347 g/mol. The summed E-state index contributed by atoms with van der Waals surface area (Å²) in [5.74, 6) is -1.55. The van der Waals surface area contributed by atoms with Gasteiger partial charge in [-0.1, -0.05) is 11.6 Å². The fourth-order valence-electron chi connectivity index (χ4n) is 2.09. The number of halogens is 2. The average Bonchev–Trinajstić information content (AvgIpc) is 2.70. The molecule has 19 heavy (non-hydrogen) atoms. The van der Waals surface area contributed by atoms with Gasteiger partial charge in [0.1, 0.15) is 6.04 Å². The number of β-amino-alcohol motifs (C(OH)–C–C–N with tert-alkyl or cyclic N) is 1. The molecule has 1 aliphatic heterocycles. The molecule has 0 aliphatic carbocycles. The first kappa shape index (κ1) is 14.3. The van der Waals surface area contributed by atoms with Crippen molar-refractivity contribution in [1.82, 2.24) is 4.90 Å².